The molecule has 1 aliphatic heterocycles. The molecule has 32 heavy (non-hydrogen) atoms. The van der Waals surface area contributed by atoms with Gasteiger partial charge >= 0.3 is 5.69 Å². The molecule has 1 aromatic carbocycles. The molecule has 4 heterocycles. The van der Waals surface area contributed by atoms with E-state index in [0.717, 1.165) is 32.6 Å². The van der Waals surface area contributed by atoms with Gasteiger partial charge in [-0.2, -0.15) is 4.98 Å². The summed E-state index contributed by atoms with van der Waals surface area (Å²) in [6, 6.07) is 8.03. The van der Waals surface area contributed by atoms with Crippen molar-refractivity contribution in [1.29, 1.82) is 0 Å². The molecule has 0 spiro atoms. The average molecular weight is 473 g/mol. The number of rotatable bonds is 3. The van der Waals surface area contributed by atoms with Crippen LogP contribution in [0, 0.1) is 0 Å². The predicted octanol–water partition coefficient (Wildman–Crippen LogP) is 2.10. The number of carbonyl (C=O) groups is 1. The quantitative estimate of drug-likeness (QED) is 0.425. The molecule has 5 rings (SSSR count). The minimum absolute atomic E-state index is 0.00591. The number of aromatic nitrogens is 5. The van der Waals surface area contributed by atoms with E-state index in [0.29, 0.717) is 13.1 Å². The van der Waals surface area contributed by atoms with E-state index in [4.69, 9.17) is 16.6 Å². The van der Waals surface area contributed by atoms with E-state index < -0.39 is 11.2 Å². The Morgan fingerprint density at radius 1 is 1.19 bits per heavy atom. The van der Waals surface area contributed by atoms with Crippen LogP contribution in [0.3, 0.4) is 0 Å². The van der Waals surface area contributed by atoms with Crippen LogP contribution < -0.4 is 11.2 Å². The number of nitrogens with zero attached hydrogens (tertiary/aromatic N) is 6. The average Bonchev–Trinajstić information content (AvgIpc) is 3.38. The van der Waals surface area contributed by atoms with Gasteiger partial charge in [0.2, 0.25) is 11.2 Å². The van der Waals surface area contributed by atoms with Crippen molar-refractivity contribution in [2.45, 2.75) is 25.3 Å². The SMILES string of the molecule is Cn1c(=O)c2c(nc(Cl)n2CC(=O)N2CCCC(c3nc4ccccc4s3)C2)n(C)c1=O. The summed E-state index contributed by atoms with van der Waals surface area (Å²) in [5.41, 5.74) is 0.273. The van der Waals surface area contributed by atoms with Gasteiger partial charge in [0, 0.05) is 33.1 Å². The number of para-hydroxylation sites is 1. The molecular formula is C21H21ClN6O3S. The Balaban J connectivity index is 1.43. The van der Waals surface area contributed by atoms with Gasteiger partial charge < -0.3 is 4.90 Å². The first-order valence-corrected chi connectivity index (χ1v) is 11.5. The summed E-state index contributed by atoms with van der Waals surface area (Å²) in [6.45, 7) is 1.09. The third kappa shape index (κ3) is 3.34. The highest BCUT2D eigenvalue weighted by molar-refractivity contribution is 7.18. The second-order valence-corrected chi connectivity index (χ2v) is 9.44. The Labute approximate surface area is 191 Å². The Hall–Kier alpha value is -2.98. The molecule has 1 unspecified atom stereocenters. The normalized spacial score (nSPS) is 16.8. The van der Waals surface area contributed by atoms with Crippen LogP contribution in [-0.4, -0.2) is 47.6 Å². The van der Waals surface area contributed by atoms with Crippen molar-refractivity contribution >= 4 is 50.2 Å². The summed E-state index contributed by atoms with van der Waals surface area (Å²) >= 11 is 7.95. The van der Waals surface area contributed by atoms with Crippen LogP contribution in [0.25, 0.3) is 21.4 Å². The lowest BCUT2D eigenvalue weighted by Crippen LogP contribution is -2.41. The maximum Gasteiger partial charge on any atom is 0.332 e. The number of likely N-dealkylation sites (tertiary alicyclic amines) is 1. The standard InChI is InChI=1S/C21H21ClN6O3S/c1-25-17-16(19(30)26(2)21(25)31)28(20(22)24-17)11-15(29)27-9-5-6-12(10-27)18-23-13-7-3-4-8-14(13)32-18/h3-4,7-8,12H,5-6,9-11H2,1-2H3. The summed E-state index contributed by atoms with van der Waals surface area (Å²) < 4.78 is 4.78. The van der Waals surface area contributed by atoms with Crippen LogP contribution in [0.2, 0.25) is 5.28 Å². The number of imidazole rings is 1. The van der Waals surface area contributed by atoms with Crippen LogP contribution in [0.4, 0.5) is 0 Å². The fourth-order valence-corrected chi connectivity index (χ4v) is 5.59. The summed E-state index contributed by atoms with van der Waals surface area (Å²) in [4.78, 5) is 48.8. The number of fused-ring (bicyclic) bond motifs is 2. The van der Waals surface area contributed by atoms with Gasteiger partial charge in [-0.15, -0.1) is 11.3 Å². The minimum Gasteiger partial charge on any atom is -0.340 e. The molecule has 0 aliphatic carbocycles. The lowest BCUT2D eigenvalue weighted by Gasteiger charge is -2.32. The first kappa shape index (κ1) is 20.9. The number of aryl methyl sites for hydroxylation is 1. The van der Waals surface area contributed by atoms with E-state index in [2.05, 4.69) is 11.1 Å². The van der Waals surface area contributed by atoms with Gasteiger partial charge in [-0.25, -0.2) is 9.78 Å². The van der Waals surface area contributed by atoms with Crippen LogP contribution >= 0.6 is 22.9 Å². The van der Waals surface area contributed by atoms with Crippen molar-refractivity contribution < 1.29 is 4.79 Å². The van der Waals surface area contributed by atoms with Gasteiger partial charge in [0.1, 0.15) is 6.54 Å². The number of halogens is 1. The van der Waals surface area contributed by atoms with E-state index in [-0.39, 0.29) is 34.8 Å². The van der Waals surface area contributed by atoms with Gasteiger partial charge in [-0.1, -0.05) is 12.1 Å². The first-order chi connectivity index (χ1) is 15.3. The Kier molecular flexibility index (Phi) is 5.13. The Morgan fingerprint density at radius 2 is 1.97 bits per heavy atom. The van der Waals surface area contributed by atoms with Crippen molar-refractivity contribution in [2.24, 2.45) is 14.1 Å². The zero-order valence-corrected chi connectivity index (χ0v) is 19.2. The maximum atomic E-state index is 13.2. The lowest BCUT2D eigenvalue weighted by molar-refractivity contribution is -0.133. The molecule has 1 aliphatic rings. The molecule has 9 nitrogen and oxygen atoms in total. The second-order valence-electron chi connectivity index (χ2n) is 8.04. The van der Waals surface area contributed by atoms with Crippen molar-refractivity contribution in [3.8, 4) is 0 Å². The molecule has 1 atom stereocenters. The molecular weight excluding hydrogens is 452 g/mol. The molecule has 1 saturated heterocycles. The number of benzene rings is 1. The monoisotopic (exact) mass is 472 g/mol. The van der Waals surface area contributed by atoms with Gasteiger partial charge in [-0.05, 0) is 36.6 Å². The summed E-state index contributed by atoms with van der Waals surface area (Å²) in [6.07, 6.45) is 1.85. The number of amides is 1. The van der Waals surface area contributed by atoms with Crippen molar-refractivity contribution in [2.75, 3.05) is 13.1 Å². The number of thiazole rings is 1. The maximum absolute atomic E-state index is 13.2. The molecule has 1 fully saturated rings. The fraction of sp³-hybridized carbons (Fsp3) is 0.381. The zero-order valence-electron chi connectivity index (χ0n) is 17.6. The largest absolute Gasteiger partial charge is 0.340 e. The summed E-state index contributed by atoms with van der Waals surface area (Å²) in [5, 5.41) is 1.05. The first-order valence-electron chi connectivity index (χ1n) is 10.3. The molecule has 166 valence electrons. The molecule has 0 radical (unpaired) electrons. The minimum atomic E-state index is -0.527. The number of carbonyl (C=O) groups excluding carboxylic acids is 1. The van der Waals surface area contributed by atoms with E-state index in [9.17, 15) is 14.4 Å². The van der Waals surface area contributed by atoms with Gasteiger partial charge in [0.25, 0.3) is 5.56 Å². The number of hydrogen-bond acceptors (Lipinski definition) is 6. The molecule has 3 aromatic heterocycles. The van der Waals surface area contributed by atoms with E-state index in [1.807, 2.05) is 18.2 Å². The summed E-state index contributed by atoms with van der Waals surface area (Å²) in [7, 11) is 2.91. The van der Waals surface area contributed by atoms with E-state index >= 15 is 0 Å². The van der Waals surface area contributed by atoms with Gasteiger partial charge in [0.15, 0.2) is 11.2 Å². The van der Waals surface area contributed by atoms with Crippen molar-refractivity contribution in [3.63, 3.8) is 0 Å². The smallest absolute Gasteiger partial charge is 0.332 e. The summed E-state index contributed by atoms with van der Waals surface area (Å²) in [5.74, 6) is 0.0294. The third-order valence-electron chi connectivity index (χ3n) is 6.03. The lowest BCUT2D eigenvalue weighted by atomic mass is 9.98. The molecule has 0 saturated carbocycles. The highest BCUT2D eigenvalue weighted by atomic mass is 35.5. The van der Waals surface area contributed by atoms with Crippen LogP contribution in [0.1, 0.15) is 23.8 Å². The molecule has 1 amide bonds. The molecule has 0 N–H and O–H groups in total. The van der Waals surface area contributed by atoms with Crippen LogP contribution in [0.15, 0.2) is 33.9 Å². The van der Waals surface area contributed by atoms with Crippen molar-refractivity contribution in [3.05, 3.63) is 55.4 Å². The van der Waals surface area contributed by atoms with Crippen LogP contribution in [-0.2, 0) is 25.4 Å². The molecule has 0 bridgehead atoms. The Bertz CT molecular complexity index is 1450. The number of hydrogen-bond donors (Lipinski definition) is 0. The fourth-order valence-electron chi connectivity index (χ4n) is 4.27. The van der Waals surface area contributed by atoms with E-state index in [1.54, 1.807) is 16.2 Å². The topological polar surface area (TPSA) is 95.0 Å². The molecule has 11 heteroatoms. The highest BCUT2D eigenvalue weighted by Gasteiger charge is 2.28. The third-order valence-corrected chi connectivity index (χ3v) is 7.52. The van der Waals surface area contributed by atoms with Crippen LogP contribution in [0.5, 0.6) is 0 Å². The van der Waals surface area contributed by atoms with Crippen molar-refractivity contribution in [1.82, 2.24) is 28.6 Å². The Morgan fingerprint density at radius 3 is 2.75 bits per heavy atom. The van der Waals surface area contributed by atoms with Gasteiger partial charge in [-0.3, -0.25) is 23.3 Å². The second kappa shape index (κ2) is 7.86. The number of piperidine rings is 1. The molecule has 4 aromatic rings. The predicted molar refractivity (Wildman–Crippen MR) is 123 cm³/mol. The van der Waals surface area contributed by atoms with Gasteiger partial charge in [0.05, 0.1) is 15.2 Å². The zero-order chi connectivity index (χ0) is 22.6. The van der Waals surface area contributed by atoms with E-state index in [1.165, 1.54) is 23.2 Å². The highest BCUT2D eigenvalue weighted by Crippen LogP contribution is 2.33.